The molecule has 0 bridgehead atoms. The average molecular weight is 822 g/mol. The fourth-order valence-corrected chi connectivity index (χ4v) is 11.9. The first-order valence-electron chi connectivity index (χ1n) is 20.1. The minimum atomic E-state index is 1.15. The molecular weight excluding hydrogens is 787 g/mol. The van der Waals surface area contributed by atoms with Crippen LogP contribution >= 0.6 is 35.3 Å². The van der Waals surface area contributed by atoms with Crippen LogP contribution in [0.5, 0.6) is 0 Å². The molecule has 0 spiro atoms. The number of fused-ring (bicyclic) bond motifs is 6. The third kappa shape index (κ3) is 6.02. The Kier molecular flexibility index (Phi) is 8.61. The molecule has 0 aromatic heterocycles. The van der Waals surface area contributed by atoms with Crippen molar-refractivity contribution >= 4 is 86.5 Å². The van der Waals surface area contributed by atoms with E-state index < -0.39 is 0 Å². The predicted molar refractivity (Wildman–Crippen MR) is 254 cm³/mol. The maximum absolute atomic E-state index is 2.42. The first-order chi connectivity index (χ1) is 29.7. The van der Waals surface area contributed by atoms with Gasteiger partial charge in [0.1, 0.15) is 0 Å². The fraction of sp³-hybridized carbons (Fsp3) is 0. The zero-order valence-corrected chi connectivity index (χ0v) is 34.7. The van der Waals surface area contributed by atoms with Gasteiger partial charge in [-0.3, -0.25) is 0 Å². The van der Waals surface area contributed by atoms with Gasteiger partial charge in [-0.15, -0.1) is 0 Å². The molecule has 60 heavy (non-hydrogen) atoms. The van der Waals surface area contributed by atoms with Gasteiger partial charge in [0.2, 0.25) is 0 Å². The molecule has 0 N–H and O–H groups in total. The van der Waals surface area contributed by atoms with Crippen LogP contribution in [0.25, 0.3) is 22.3 Å². The zero-order chi connectivity index (χ0) is 39.6. The van der Waals surface area contributed by atoms with Crippen molar-refractivity contribution in [1.82, 2.24) is 0 Å². The van der Waals surface area contributed by atoms with Gasteiger partial charge in [0.25, 0.3) is 0 Å². The van der Waals surface area contributed by atoms with Crippen LogP contribution in [-0.2, 0) is 0 Å². The minimum Gasteiger partial charge on any atom is -0.308 e. The molecule has 0 unspecified atom stereocenters. The van der Waals surface area contributed by atoms with Crippen LogP contribution in [-0.4, -0.2) is 0 Å². The van der Waals surface area contributed by atoms with Gasteiger partial charge in [0.15, 0.2) is 0 Å². The van der Waals surface area contributed by atoms with Gasteiger partial charge in [-0.1, -0.05) is 138 Å². The third-order valence-electron chi connectivity index (χ3n) is 11.4. The molecule has 284 valence electrons. The molecular formula is C54H35N3S3. The number of anilines is 9. The summed E-state index contributed by atoms with van der Waals surface area (Å²) in [4.78, 5) is 14.7. The van der Waals surface area contributed by atoms with Crippen molar-refractivity contribution in [3.8, 4) is 22.3 Å². The average Bonchev–Trinajstić information content (AvgIpc) is 3.31. The molecule has 0 amide bonds. The highest BCUT2D eigenvalue weighted by molar-refractivity contribution is 8.00. The smallest absolute Gasteiger partial charge is 0.0602 e. The lowest BCUT2D eigenvalue weighted by Crippen LogP contribution is -2.15. The van der Waals surface area contributed by atoms with E-state index in [1.165, 1.54) is 85.8 Å². The lowest BCUT2D eigenvalue weighted by atomic mass is 10.0. The Hall–Kier alpha value is -6.57. The maximum Gasteiger partial charge on any atom is 0.0602 e. The lowest BCUT2D eigenvalue weighted by Gasteiger charge is -2.34. The summed E-state index contributed by atoms with van der Waals surface area (Å²) in [6.45, 7) is 0. The van der Waals surface area contributed by atoms with Gasteiger partial charge >= 0.3 is 0 Å². The molecule has 0 fully saturated rings. The predicted octanol–water partition coefficient (Wildman–Crippen LogP) is 16.8. The molecule has 0 radical (unpaired) electrons. The summed E-state index contributed by atoms with van der Waals surface area (Å²) in [7, 11) is 0. The summed E-state index contributed by atoms with van der Waals surface area (Å²) >= 11 is 5.57. The van der Waals surface area contributed by atoms with Gasteiger partial charge < -0.3 is 14.7 Å². The van der Waals surface area contributed by atoms with Crippen LogP contribution in [0, 0.1) is 0 Å². The summed E-state index contributed by atoms with van der Waals surface area (Å²) in [6.07, 6.45) is 0. The SMILES string of the molecule is c1ccc(N2c3ccccc3Sc3cc(-c4ccc5c(c4)Sc4cc(-c6ccc7c(c6)Sc6ccccc6N7c6ccccc6)ccc4N5c4ccccc4)ccc32)cc1. The second-order valence-electron chi connectivity index (χ2n) is 15.0. The van der Waals surface area contributed by atoms with Gasteiger partial charge in [-0.05, 0) is 131 Å². The Morgan fingerprint density at radius 1 is 0.217 bits per heavy atom. The van der Waals surface area contributed by atoms with E-state index in [-0.39, 0.29) is 0 Å². The van der Waals surface area contributed by atoms with E-state index in [0.29, 0.717) is 0 Å². The van der Waals surface area contributed by atoms with E-state index in [1.807, 2.05) is 35.3 Å². The van der Waals surface area contributed by atoms with Gasteiger partial charge in [0.05, 0.1) is 34.1 Å². The van der Waals surface area contributed by atoms with Gasteiger partial charge in [-0.25, -0.2) is 0 Å². The van der Waals surface area contributed by atoms with Crippen molar-refractivity contribution in [3.05, 3.63) is 212 Å². The second kappa shape index (κ2) is 14.6. The number of rotatable bonds is 5. The molecule has 0 aliphatic carbocycles. The topological polar surface area (TPSA) is 9.72 Å². The van der Waals surface area contributed by atoms with Gasteiger partial charge in [0, 0.05) is 46.4 Å². The van der Waals surface area contributed by atoms with Crippen molar-refractivity contribution in [2.75, 3.05) is 14.7 Å². The van der Waals surface area contributed by atoms with Crippen LogP contribution in [0.4, 0.5) is 51.2 Å². The summed E-state index contributed by atoms with van der Waals surface area (Å²) in [5.74, 6) is 0. The van der Waals surface area contributed by atoms with Crippen LogP contribution in [0.15, 0.2) is 242 Å². The van der Waals surface area contributed by atoms with E-state index in [4.69, 9.17) is 0 Å². The Labute approximate surface area is 363 Å². The molecule has 9 aromatic carbocycles. The largest absolute Gasteiger partial charge is 0.308 e. The Balaban J connectivity index is 0.924. The Morgan fingerprint density at radius 2 is 0.467 bits per heavy atom. The Morgan fingerprint density at radius 3 is 0.783 bits per heavy atom. The molecule has 12 rings (SSSR count). The monoisotopic (exact) mass is 821 g/mol. The lowest BCUT2D eigenvalue weighted by molar-refractivity contribution is 1.16. The minimum absolute atomic E-state index is 1.15. The van der Waals surface area contributed by atoms with Crippen molar-refractivity contribution in [1.29, 1.82) is 0 Å². The van der Waals surface area contributed by atoms with Crippen molar-refractivity contribution in [2.24, 2.45) is 0 Å². The van der Waals surface area contributed by atoms with E-state index in [0.717, 1.165) is 17.1 Å². The van der Waals surface area contributed by atoms with Crippen LogP contribution in [0.3, 0.4) is 0 Å². The third-order valence-corrected chi connectivity index (χ3v) is 14.7. The van der Waals surface area contributed by atoms with E-state index in [1.54, 1.807) is 0 Å². The van der Waals surface area contributed by atoms with Crippen molar-refractivity contribution in [3.63, 3.8) is 0 Å². The molecule has 6 heteroatoms. The van der Waals surface area contributed by atoms with E-state index in [2.05, 4.69) is 227 Å². The Bertz CT molecular complexity index is 2910. The maximum atomic E-state index is 2.42. The summed E-state index contributed by atoms with van der Waals surface area (Å²) in [6, 6.07) is 77.4. The highest BCUT2D eigenvalue weighted by Crippen LogP contribution is 2.56. The van der Waals surface area contributed by atoms with Crippen LogP contribution < -0.4 is 14.7 Å². The first-order valence-corrected chi connectivity index (χ1v) is 22.5. The number of nitrogens with zero attached hydrogens (tertiary/aromatic N) is 3. The normalized spacial score (nSPS) is 13.4. The standard InChI is InChI=1S/C54H35N3S3/c1-4-14-40(15-5-1)55-43-20-10-12-22-49(43)58-51-32-36(24-28-45(51)55)38-26-30-47-53(34-38)60-54-35-39(27-31-48(54)57(47)42-18-8-3-9-19-42)37-25-29-46-52(33-37)59-50-23-13-11-21-44(50)56(46)41-16-6-2-7-17-41/h1-35H. The van der Waals surface area contributed by atoms with Crippen LogP contribution in [0.1, 0.15) is 0 Å². The number of hydrogen-bond donors (Lipinski definition) is 0. The van der Waals surface area contributed by atoms with Crippen molar-refractivity contribution in [2.45, 2.75) is 29.4 Å². The molecule has 0 atom stereocenters. The second-order valence-corrected chi connectivity index (χ2v) is 18.2. The van der Waals surface area contributed by atoms with Gasteiger partial charge in [-0.2, -0.15) is 0 Å². The molecule has 0 saturated heterocycles. The molecule has 3 nitrogen and oxygen atoms in total. The number of hydrogen-bond acceptors (Lipinski definition) is 6. The molecule has 3 aliphatic rings. The van der Waals surface area contributed by atoms with Crippen LogP contribution in [0.2, 0.25) is 0 Å². The molecule has 9 aromatic rings. The van der Waals surface area contributed by atoms with Crippen molar-refractivity contribution < 1.29 is 0 Å². The van der Waals surface area contributed by atoms with E-state index >= 15 is 0 Å². The highest BCUT2D eigenvalue weighted by Gasteiger charge is 2.29. The first kappa shape index (κ1) is 35.4. The zero-order valence-electron chi connectivity index (χ0n) is 32.3. The summed E-state index contributed by atoms with van der Waals surface area (Å²) in [5.41, 5.74) is 15.5. The quantitative estimate of drug-likeness (QED) is 0.170. The number of benzene rings is 9. The molecule has 3 aliphatic heterocycles. The molecule has 0 saturated carbocycles. The highest BCUT2D eigenvalue weighted by atomic mass is 32.2. The van der Waals surface area contributed by atoms with E-state index in [9.17, 15) is 0 Å². The number of para-hydroxylation sites is 5. The summed E-state index contributed by atoms with van der Waals surface area (Å²) in [5, 5.41) is 0. The molecule has 3 heterocycles. The summed E-state index contributed by atoms with van der Waals surface area (Å²) < 4.78 is 0. The fourth-order valence-electron chi connectivity index (χ4n) is 8.61.